The van der Waals surface area contributed by atoms with Crippen LogP contribution in [0, 0.1) is 4.77 Å². The summed E-state index contributed by atoms with van der Waals surface area (Å²) >= 11 is 6.96. The minimum Gasteiger partial charge on any atom is -0.354 e. The molecule has 3 aromatic rings. The third-order valence-corrected chi connectivity index (χ3v) is 6.50. The molecule has 1 fully saturated rings. The van der Waals surface area contributed by atoms with Gasteiger partial charge < -0.3 is 5.32 Å². The molecule has 1 amide bonds. The van der Waals surface area contributed by atoms with Crippen LogP contribution >= 0.6 is 23.6 Å². The van der Waals surface area contributed by atoms with Crippen LogP contribution in [0.4, 0.5) is 0 Å². The smallest absolute Gasteiger partial charge is 0.221 e. The van der Waals surface area contributed by atoms with Crippen molar-refractivity contribution >= 4 is 29.5 Å². The predicted molar refractivity (Wildman–Crippen MR) is 118 cm³/mol. The van der Waals surface area contributed by atoms with Crippen LogP contribution in [0.1, 0.15) is 30.9 Å². The van der Waals surface area contributed by atoms with Crippen molar-refractivity contribution in [3.8, 4) is 10.7 Å². The van der Waals surface area contributed by atoms with E-state index in [0.29, 0.717) is 24.3 Å². The topological polar surface area (TPSA) is 66.0 Å². The van der Waals surface area contributed by atoms with Gasteiger partial charge in [0.05, 0.1) is 10.9 Å². The van der Waals surface area contributed by atoms with Crippen LogP contribution in [-0.2, 0) is 11.3 Å². The monoisotopic (exact) mass is 427 g/mol. The molecule has 3 heterocycles. The Morgan fingerprint density at radius 1 is 1.21 bits per heavy atom. The van der Waals surface area contributed by atoms with E-state index in [1.165, 1.54) is 18.4 Å². The van der Waals surface area contributed by atoms with E-state index >= 15 is 0 Å². The molecular formula is C21H25N5OS2. The third-order valence-electron chi connectivity index (χ3n) is 5.32. The Morgan fingerprint density at radius 2 is 2.00 bits per heavy atom. The number of carbonyl (C=O) groups is 1. The lowest BCUT2D eigenvalue weighted by Gasteiger charge is -2.28. The molecule has 1 aliphatic heterocycles. The number of thiophene rings is 1. The fourth-order valence-corrected chi connectivity index (χ4v) is 4.76. The Labute approximate surface area is 179 Å². The second-order valence-corrected chi connectivity index (χ2v) is 8.54. The van der Waals surface area contributed by atoms with Gasteiger partial charge in [-0.1, -0.05) is 36.4 Å². The van der Waals surface area contributed by atoms with Gasteiger partial charge in [0.15, 0.2) is 10.6 Å². The van der Waals surface area contributed by atoms with Crippen LogP contribution in [-0.4, -0.2) is 45.2 Å². The average molecular weight is 428 g/mol. The van der Waals surface area contributed by atoms with Gasteiger partial charge in [-0.2, -0.15) is 5.10 Å². The number of nitrogens with one attached hydrogen (secondary N) is 2. The number of hydrogen-bond donors (Lipinski definition) is 2. The first kappa shape index (κ1) is 20.0. The third kappa shape index (κ3) is 4.83. The number of likely N-dealkylation sites (tertiary alicyclic amines) is 1. The summed E-state index contributed by atoms with van der Waals surface area (Å²) in [5, 5.41) is 12.3. The van der Waals surface area contributed by atoms with Crippen molar-refractivity contribution in [3.05, 3.63) is 58.2 Å². The first-order valence-electron chi connectivity index (χ1n) is 9.97. The second-order valence-electron chi connectivity index (χ2n) is 7.20. The zero-order valence-corrected chi connectivity index (χ0v) is 17.8. The van der Waals surface area contributed by atoms with Gasteiger partial charge in [-0.25, -0.2) is 0 Å². The Balaban J connectivity index is 1.37. The number of amides is 1. The van der Waals surface area contributed by atoms with Crippen molar-refractivity contribution in [2.45, 2.75) is 31.8 Å². The summed E-state index contributed by atoms with van der Waals surface area (Å²) in [5.74, 6) is 0.822. The van der Waals surface area contributed by atoms with Gasteiger partial charge in [-0.3, -0.25) is 19.4 Å². The highest BCUT2D eigenvalue weighted by Crippen LogP contribution is 2.25. The van der Waals surface area contributed by atoms with Crippen molar-refractivity contribution in [1.29, 1.82) is 0 Å². The van der Waals surface area contributed by atoms with Crippen LogP contribution in [0.5, 0.6) is 0 Å². The van der Waals surface area contributed by atoms with E-state index in [4.69, 9.17) is 12.2 Å². The van der Waals surface area contributed by atoms with Gasteiger partial charge in [0.25, 0.3) is 0 Å². The lowest BCUT2D eigenvalue weighted by Crippen LogP contribution is -2.37. The first-order chi connectivity index (χ1) is 14.2. The summed E-state index contributed by atoms with van der Waals surface area (Å²) in [4.78, 5) is 16.1. The molecule has 0 unspecified atom stereocenters. The Kier molecular flexibility index (Phi) is 6.53. The lowest BCUT2D eigenvalue weighted by molar-refractivity contribution is -0.121. The zero-order valence-electron chi connectivity index (χ0n) is 16.2. The fourth-order valence-electron chi connectivity index (χ4n) is 3.82. The summed E-state index contributed by atoms with van der Waals surface area (Å²) in [7, 11) is 0. The van der Waals surface area contributed by atoms with Crippen LogP contribution in [0.3, 0.4) is 0 Å². The van der Waals surface area contributed by atoms with Crippen LogP contribution in [0.25, 0.3) is 10.7 Å². The molecule has 2 aromatic heterocycles. The van der Waals surface area contributed by atoms with E-state index in [9.17, 15) is 4.79 Å². The van der Waals surface area contributed by atoms with Crippen molar-refractivity contribution < 1.29 is 4.79 Å². The van der Waals surface area contributed by atoms with Crippen molar-refractivity contribution in [2.24, 2.45) is 0 Å². The standard InChI is InChI=1S/C21H25N5OS2/c27-19(10-13-26-20(23-24-21(26)28)18-9-6-14-29-18)22-15-17(25-11-4-5-12-25)16-7-2-1-3-8-16/h1-3,6-9,14,17H,4-5,10-13,15H2,(H,22,27)(H,24,28)/t17-/m1/s1. The Bertz CT molecular complexity index is 974. The zero-order chi connectivity index (χ0) is 20.1. The molecule has 1 aliphatic rings. The average Bonchev–Trinajstić information content (AvgIpc) is 3.50. The quantitative estimate of drug-likeness (QED) is 0.533. The molecule has 152 valence electrons. The molecule has 1 saturated heterocycles. The summed E-state index contributed by atoms with van der Waals surface area (Å²) in [5.41, 5.74) is 1.26. The van der Waals surface area contributed by atoms with E-state index in [1.807, 2.05) is 28.1 Å². The van der Waals surface area contributed by atoms with Crippen molar-refractivity contribution in [3.63, 3.8) is 0 Å². The number of aromatic nitrogens is 3. The van der Waals surface area contributed by atoms with Gasteiger partial charge in [-0.05, 0) is 55.2 Å². The number of nitrogens with zero attached hydrogens (tertiary/aromatic N) is 3. The predicted octanol–water partition coefficient (Wildman–Crippen LogP) is 4.01. The molecular weight excluding hydrogens is 402 g/mol. The second kappa shape index (κ2) is 9.47. The molecule has 29 heavy (non-hydrogen) atoms. The number of benzene rings is 1. The van der Waals surface area contributed by atoms with Crippen LogP contribution < -0.4 is 5.32 Å². The Morgan fingerprint density at radius 3 is 2.72 bits per heavy atom. The molecule has 0 bridgehead atoms. The van der Waals surface area contributed by atoms with E-state index in [2.05, 4.69) is 44.7 Å². The Hall–Kier alpha value is -2.29. The molecule has 1 aromatic carbocycles. The molecule has 4 rings (SSSR count). The maximum absolute atomic E-state index is 12.6. The van der Waals surface area contributed by atoms with Crippen molar-refractivity contribution in [2.75, 3.05) is 19.6 Å². The number of carbonyl (C=O) groups excluding carboxylic acids is 1. The first-order valence-corrected chi connectivity index (χ1v) is 11.3. The SMILES string of the molecule is O=C(CCn1c(-c2cccs2)n[nH]c1=S)NC[C@H](c1ccccc1)N1CCCC1. The van der Waals surface area contributed by atoms with Crippen LogP contribution in [0.15, 0.2) is 47.8 Å². The normalized spacial score (nSPS) is 15.4. The molecule has 0 spiro atoms. The summed E-state index contributed by atoms with van der Waals surface area (Å²) in [6, 6.07) is 14.7. The highest BCUT2D eigenvalue weighted by molar-refractivity contribution is 7.71. The van der Waals surface area contributed by atoms with Gasteiger partial charge >= 0.3 is 0 Å². The molecule has 0 aliphatic carbocycles. The summed E-state index contributed by atoms with van der Waals surface area (Å²) in [6.07, 6.45) is 2.82. The van der Waals surface area contributed by atoms with E-state index in [1.54, 1.807) is 11.3 Å². The number of rotatable bonds is 8. The highest BCUT2D eigenvalue weighted by atomic mass is 32.1. The maximum atomic E-state index is 12.6. The lowest BCUT2D eigenvalue weighted by atomic mass is 10.1. The molecule has 1 atom stereocenters. The minimum atomic E-state index is 0.0327. The van der Waals surface area contributed by atoms with Gasteiger partial charge in [0.2, 0.25) is 5.91 Å². The number of aromatic amines is 1. The minimum absolute atomic E-state index is 0.0327. The summed E-state index contributed by atoms with van der Waals surface area (Å²) in [6.45, 7) is 3.30. The number of hydrogen-bond acceptors (Lipinski definition) is 5. The molecule has 8 heteroatoms. The van der Waals surface area contributed by atoms with E-state index in [0.717, 1.165) is 23.8 Å². The molecule has 0 radical (unpaired) electrons. The number of H-pyrrole nitrogens is 1. The van der Waals surface area contributed by atoms with Crippen LogP contribution in [0.2, 0.25) is 0 Å². The van der Waals surface area contributed by atoms with E-state index in [-0.39, 0.29) is 11.9 Å². The molecule has 0 saturated carbocycles. The van der Waals surface area contributed by atoms with Gasteiger partial charge in [0, 0.05) is 19.5 Å². The van der Waals surface area contributed by atoms with E-state index < -0.39 is 0 Å². The van der Waals surface area contributed by atoms with Crippen molar-refractivity contribution in [1.82, 2.24) is 25.0 Å². The van der Waals surface area contributed by atoms with Gasteiger partial charge in [0.1, 0.15) is 0 Å². The maximum Gasteiger partial charge on any atom is 0.221 e. The highest BCUT2D eigenvalue weighted by Gasteiger charge is 2.23. The molecule has 6 nitrogen and oxygen atoms in total. The fraction of sp³-hybridized carbons (Fsp3) is 0.381. The van der Waals surface area contributed by atoms with Gasteiger partial charge in [-0.15, -0.1) is 11.3 Å². The molecule has 2 N–H and O–H groups in total. The summed E-state index contributed by atoms with van der Waals surface area (Å²) < 4.78 is 2.44. The largest absolute Gasteiger partial charge is 0.354 e.